The van der Waals surface area contributed by atoms with Crippen LogP contribution >= 0.6 is 11.3 Å². The summed E-state index contributed by atoms with van der Waals surface area (Å²) in [5.74, 6) is 0.568. The molecule has 1 saturated heterocycles. The number of aryl methyl sites for hydroxylation is 1. The van der Waals surface area contributed by atoms with Crippen LogP contribution in [0.1, 0.15) is 17.7 Å². The maximum Gasteiger partial charge on any atom is 0.293 e. The third kappa shape index (κ3) is 3.45. The Bertz CT molecular complexity index is 899. The smallest absolute Gasteiger partial charge is 0.293 e. The zero-order valence-corrected chi connectivity index (χ0v) is 15.1. The summed E-state index contributed by atoms with van der Waals surface area (Å²) in [4.78, 5) is 20.1. The molecule has 0 radical (unpaired) electrons. The van der Waals surface area contributed by atoms with Crippen LogP contribution in [0.15, 0.2) is 47.5 Å². The summed E-state index contributed by atoms with van der Waals surface area (Å²) in [7, 11) is 1.77. The van der Waals surface area contributed by atoms with Crippen LogP contribution in [-0.4, -0.2) is 28.7 Å². The molecule has 0 spiro atoms. The number of nitrogens with one attached hydrogen (secondary N) is 1. The first-order valence-electron chi connectivity index (χ1n) is 8.68. The summed E-state index contributed by atoms with van der Waals surface area (Å²) in [6.07, 6.45) is 5.61. The Morgan fingerprint density at radius 1 is 1.36 bits per heavy atom. The van der Waals surface area contributed by atoms with Crippen molar-refractivity contribution in [2.24, 2.45) is 7.05 Å². The second-order valence-electron chi connectivity index (χ2n) is 6.58. The van der Waals surface area contributed by atoms with Crippen molar-refractivity contribution in [3.8, 4) is 0 Å². The van der Waals surface area contributed by atoms with Crippen LogP contribution in [-0.2, 0) is 13.6 Å². The van der Waals surface area contributed by atoms with E-state index in [4.69, 9.17) is 0 Å². The van der Waals surface area contributed by atoms with Crippen molar-refractivity contribution in [1.29, 1.82) is 0 Å². The van der Waals surface area contributed by atoms with Gasteiger partial charge in [-0.15, -0.1) is 11.3 Å². The van der Waals surface area contributed by atoms with Crippen molar-refractivity contribution in [2.75, 3.05) is 18.0 Å². The number of fused-ring (bicyclic) bond motifs is 1. The van der Waals surface area contributed by atoms with E-state index in [1.165, 1.54) is 15.0 Å². The molecular weight excluding hydrogens is 332 g/mol. The van der Waals surface area contributed by atoms with E-state index in [2.05, 4.69) is 45.5 Å². The van der Waals surface area contributed by atoms with Gasteiger partial charge in [-0.2, -0.15) is 0 Å². The highest BCUT2D eigenvalue weighted by Crippen LogP contribution is 2.25. The molecule has 0 saturated carbocycles. The molecule has 0 unspecified atom stereocenters. The SMILES string of the molecule is Cn1ccnc(N2CCC[C@@H](NCc3cc4ccccc4s3)C2)c1=O. The van der Waals surface area contributed by atoms with Gasteiger partial charge in [0.05, 0.1) is 0 Å². The molecule has 1 aliphatic heterocycles. The molecule has 130 valence electrons. The predicted molar refractivity (Wildman–Crippen MR) is 103 cm³/mol. The van der Waals surface area contributed by atoms with Crippen LogP contribution in [0.2, 0.25) is 0 Å². The first-order valence-corrected chi connectivity index (χ1v) is 9.50. The van der Waals surface area contributed by atoms with Gasteiger partial charge in [0.1, 0.15) is 0 Å². The standard InChI is InChI=1S/C19H22N4OS/c1-22-10-8-20-18(19(22)24)23-9-4-6-15(13-23)21-12-16-11-14-5-2-3-7-17(14)25-16/h2-3,5,7-8,10-11,15,21H,4,6,9,12-13H2,1H3/t15-/m1/s1. The van der Waals surface area contributed by atoms with Gasteiger partial charge in [-0.1, -0.05) is 18.2 Å². The molecule has 5 nitrogen and oxygen atoms in total. The fourth-order valence-electron chi connectivity index (χ4n) is 3.41. The lowest BCUT2D eigenvalue weighted by Crippen LogP contribution is -2.47. The van der Waals surface area contributed by atoms with E-state index in [0.717, 1.165) is 32.5 Å². The van der Waals surface area contributed by atoms with E-state index in [0.29, 0.717) is 11.9 Å². The monoisotopic (exact) mass is 354 g/mol. The number of hydrogen-bond acceptors (Lipinski definition) is 5. The third-order valence-electron chi connectivity index (χ3n) is 4.76. The van der Waals surface area contributed by atoms with Crippen molar-refractivity contribution in [3.05, 3.63) is 58.0 Å². The third-order valence-corrected chi connectivity index (χ3v) is 5.88. The fourth-order valence-corrected chi connectivity index (χ4v) is 4.42. The van der Waals surface area contributed by atoms with Crippen LogP contribution in [0.3, 0.4) is 0 Å². The molecule has 1 atom stereocenters. The minimum absolute atomic E-state index is 0.0207. The number of anilines is 1. The molecule has 0 amide bonds. The number of piperidine rings is 1. The summed E-state index contributed by atoms with van der Waals surface area (Å²) < 4.78 is 2.93. The number of nitrogens with zero attached hydrogens (tertiary/aromatic N) is 3. The largest absolute Gasteiger partial charge is 0.350 e. The van der Waals surface area contributed by atoms with Crippen molar-refractivity contribution in [1.82, 2.24) is 14.9 Å². The molecular formula is C19H22N4OS. The normalized spacial score (nSPS) is 18.0. The van der Waals surface area contributed by atoms with Gasteiger partial charge in [0.2, 0.25) is 0 Å². The summed E-state index contributed by atoms with van der Waals surface area (Å²) >= 11 is 1.85. The van der Waals surface area contributed by atoms with Gasteiger partial charge in [-0.25, -0.2) is 4.98 Å². The molecule has 6 heteroatoms. The van der Waals surface area contributed by atoms with Gasteiger partial charge in [-0.05, 0) is 30.4 Å². The lowest BCUT2D eigenvalue weighted by Gasteiger charge is -2.33. The van der Waals surface area contributed by atoms with Gasteiger partial charge in [0.15, 0.2) is 5.82 Å². The quantitative estimate of drug-likeness (QED) is 0.783. The number of thiophene rings is 1. The van der Waals surface area contributed by atoms with Gasteiger partial charge >= 0.3 is 0 Å². The Morgan fingerprint density at radius 2 is 2.24 bits per heavy atom. The van der Waals surface area contributed by atoms with E-state index < -0.39 is 0 Å². The molecule has 0 bridgehead atoms. The Balaban J connectivity index is 1.43. The van der Waals surface area contributed by atoms with Gasteiger partial charge in [-0.3, -0.25) is 4.79 Å². The van der Waals surface area contributed by atoms with Crippen molar-refractivity contribution in [3.63, 3.8) is 0 Å². The van der Waals surface area contributed by atoms with Crippen molar-refractivity contribution in [2.45, 2.75) is 25.4 Å². The second-order valence-corrected chi connectivity index (χ2v) is 7.75. The molecule has 1 aliphatic rings. The van der Waals surface area contributed by atoms with Crippen LogP contribution in [0, 0.1) is 0 Å². The highest BCUT2D eigenvalue weighted by molar-refractivity contribution is 7.19. The van der Waals surface area contributed by atoms with E-state index in [9.17, 15) is 4.79 Å². The lowest BCUT2D eigenvalue weighted by atomic mass is 10.1. The Morgan fingerprint density at radius 3 is 3.12 bits per heavy atom. The lowest BCUT2D eigenvalue weighted by molar-refractivity contribution is 0.420. The molecule has 2 aromatic heterocycles. The summed E-state index contributed by atoms with van der Waals surface area (Å²) in [5, 5.41) is 4.98. The molecule has 3 aromatic rings. The number of hydrogen-bond donors (Lipinski definition) is 1. The number of rotatable bonds is 4. The van der Waals surface area contributed by atoms with Crippen LogP contribution in [0.5, 0.6) is 0 Å². The Kier molecular flexibility index (Phi) is 4.55. The molecule has 25 heavy (non-hydrogen) atoms. The minimum atomic E-state index is -0.0207. The van der Waals surface area contributed by atoms with E-state index in [-0.39, 0.29) is 5.56 Å². The Labute approximate surface area is 150 Å². The number of aromatic nitrogens is 2. The average molecular weight is 354 g/mol. The van der Waals surface area contributed by atoms with Gasteiger partial charge < -0.3 is 14.8 Å². The molecule has 4 rings (SSSR count). The summed E-state index contributed by atoms with van der Waals surface area (Å²) in [5.41, 5.74) is -0.0207. The van der Waals surface area contributed by atoms with E-state index in [1.54, 1.807) is 24.0 Å². The van der Waals surface area contributed by atoms with Crippen molar-refractivity contribution < 1.29 is 0 Å². The van der Waals surface area contributed by atoms with Crippen LogP contribution in [0.25, 0.3) is 10.1 Å². The van der Waals surface area contributed by atoms with Gasteiger partial charge in [0.25, 0.3) is 5.56 Å². The maximum atomic E-state index is 12.3. The molecule has 3 heterocycles. The Hall–Kier alpha value is -2.18. The first-order chi connectivity index (χ1) is 12.2. The van der Waals surface area contributed by atoms with Crippen LogP contribution in [0.4, 0.5) is 5.82 Å². The topological polar surface area (TPSA) is 50.2 Å². The zero-order chi connectivity index (χ0) is 17.2. The predicted octanol–water partition coefficient (Wildman–Crippen LogP) is 2.75. The van der Waals surface area contributed by atoms with E-state index >= 15 is 0 Å². The summed E-state index contributed by atoms with van der Waals surface area (Å²) in [6, 6.07) is 11.1. The van der Waals surface area contributed by atoms with E-state index in [1.807, 2.05) is 11.3 Å². The maximum absolute atomic E-state index is 12.3. The average Bonchev–Trinajstić information content (AvgIpc) is 3.05. The molecule has 1 aromatic carbocycles. The highest BCUT2D eigenvalue weighted by Gasteiger charge is 2.22. The summed E-state index contributed by atoms with van der Waals surface area (Å²) in [6.45, 7) is 2.60. The minimum Gasteiger partial charge on any atom is -0.350 e. The number of benzene rings is 1. The first kappa shape index (κ1) is 16.3. The highest BCUT2D eigenvalue weighted by atomic mass is 32.1. The van der Waals surface area contributed by atoms with Crippen molar-refractivity contribution >= 4 is 27.2 Å². The fraction of sp³-hybridized carbons (Fsp3) is 0.368. The molecule has 0 aliphatic carbocycles. The molecule has 1 fully saturated rings. The molecule has 1 N–H and O–H groups in total. The van der Waals surface area contributed by atoms with Gasteiger partial charge in [0, 0.05) is 54.7 Å². The second kappa shape index (κ2) is 6.98. The zero-order valence-electron chi connectivity index (χ0n) is 14.3. The van der Waals surface area contributed by atoms with Crippen LogP contribution < -0.4 is 15.8 Å².